The standard InChI is InChI=1S/C10H17ClO2/c1-6(12)9-7(11)4-10(2,3)5-8(9)13/h6,8,12-13H,4-5H2,1-3H3/t6?,8-/m0/s1. The quantitative estimate of drug-likeness (QED) is 0.687. The van der Waals surface area contributed by atoms with Crippen LogP contribution in [0.3, 0.4) is 0 Å². The third-order valence-electron chi connectivity index (χ3n) is 2.50. The van der Waals surface area contributed by atoms with Gasteiger partial charge in [0.05, 0.1) is 12.2 Å². The molecule has 1 rings (SSSR count). The molecule has 0 fully saturated rings. The summed E-state index contributed by atoms with van der Waals surface area (Å²) in [6, 6.07) is 0. The summed E-state index contributed by atoms with van der Waals surface area (Å²) in [6.07, 6.45) is 0.185. The number of hydrogen-bond donors (Lipinski definition) is 2. The van der Waals surface area contributed by atoms with Crippen molar-refractivity contribution < 1.29 is 10.2 Å². The molecule has 0 bridgehead atoms. The third kappa shape index (κ3) is 2.46. The molecule has 13 heavy (non-hydrogen) atoms. The number of halogens is 1. The van der Waals surface area contributed by atoms with Crippen molar-refractivity contribution in [1.82, 2.24) is 0 Å². The lowest BCUT2D eigenvalue weighted by Crippen LogP contribution is -2.32. The van der Waals surface area contributed by atoms with Gasteiger partial charge in [-0.05, 0) is 25.2 Å². The summed E-state index contributed by atoms with van der Waals surface area (Å²) in [6.45, 7) is 5.77. The number of aliphatic hydroxyl groups is 2. The minimum atomic E-state index is -0.640. The van der Waals surface area contributed by atoms with E-state index in [2.05, 4.69) is 13.8 Å². The summed E-state index contributed by atoms with van der Waals surface area (Å²) in [5, 5.41) is 19.8. The van der Waals surface area contributed by atoms with Crippen molar-refractivity contribution in [3.05, 3.63) is 10.6 Å². The van der Waals surface area contributed by atoms with Crippen LogP contribution in [0.5, 0.6) is 0 Å². The lowest BCUT2D eigenvalue weighted by Gasteiger charge is -2.35. The highest BCUT2D eigenvalue weighted by Gasteiger charge is 2.33. The predicted octanol–water partition coefficient (Wildman–Crippen LogP) is 2.04. The summed E-state index contributed by atoms with van der Waals surface area (Å²) in [4.78, 5) is 0. The van der Waals surface area contributed by atoms with Crippen LogP contribution in [0.1, 0.15) is 33.6 Å². The zero-order valence-corrected chi connectivity index (χ0v) is 9.10. The van der Waals surface area contributed by atoms with E-state index in [1.807, 2.05) is 0 Å². The number of aliphatic hydroxyl groups excluding tert-OH is 2. The van der Waals surface area contributed by atoms with Crippen molar-refractivity contribution in [1.29, 1.82) is 0 Å². The van der Waals surface area contributed by atoms with E-state index in [1.54, 1.807) is 6.92 Å². The van der Waals surface area contributed by atoms with Crippen molar-refractivity contribution in [3.63, 3.8) is 0 Å². The molecular weight excluding hydrogens is 188 g/mol. The fourth-order valence-electron chi connectivity index (χ4n) is 1.91. The van der Waals surface area contributed by atoms with Gasteiger partial charge in [-0.3, -0.25) is 0 Å². The summed E-state index contributed by atoms with van der Waals surface area (Å²) in [5.41, 5.74) is 0.635. The Morgan fingerprint density at radius 3 is 2.46 bits per heavy atom. The number of allylic oxidation sites excluding steroid dienone is 1. The van der Waals surface area contributed by atoms with Gasteiger partial charge in [-0.1, -0.05) is 25.4 Å². The number of hydrogen-bond acceptors (Lipinski definition) is 2. The van der Waals surface area contributed by atoms with Crippen molar-refractivity contribution in [2.24, 2.45) is 5.41 Å². The first-order valence-corrected chi connectivity index (χ1v) is 4.96. The van der Waals surface area contributed by atoms with Crippen LogP contribution in [-0.4, -0.2) is 22.4 Å². The first-order valence-electron chi connectivity index (χ1n) is 4.58. The molecule has 3 heteroatoms. The van der Waals surface area contributed by atoms with Crippen LogP contribution in [0.25, 0.3) is 0 Å². The second-order valence-corrected chi connectivity index (χ2v) is 5.05. The van der Waals surface area contributed by atoms with E-state index in [0.717, 1.165) is 6.42 Å². The van der Waals surface area contributed by atoms with Gasteiger partial charge >= 0.3 is 0 Å². The topological polar surface area (TPSA) is 40.5 Å². The fourth-order valence-corrected chi connectivity index (χ4v) is 2.56. The minimum absolute atomic E-state index is 0.0366. The maximum Gasteiger partial charge on any atom is 0.0794 e. The Morgan fingerprint density at radius 2 is 2.08 bits per heavy atom. The van der Waals surface area contributed by atoms with E-state index < -0.39 is 12.2 Å². The van der Waals surface area contributed by atoms with Crippen LogP contribution < -0.4 is 0 Å². The molecule has 1 unspecified atom stereocenters. The van der Waals surface area contributed by atoms with Gasteiger partial charge in [-0.25, -0.2) is 0 Å². The van der Waals surface area contributed by atoms with E-state index in [4.69, 9.17) is 11.6 Å². The summed E-state index contributed by atoms with van der Waals surface area (Å²) >= 11 is 6.02. The maximum absolute atomic E-state index is 9.74. The smallest absolute Gasteiger partial charge is 0.0794 e. The molecule has 0 saturated heterocycles. The Bertz CT molecular complexity index is 231. The van der Waals surface area contributed by atoms with Crippen LogP contribution in [0.15, 0.2) is 10.6 Å². The van der Waals surface area contributed by atoms with Crippen molar-refractivity contribution in [3.8, 4) is 0 Å². The Kier molecular flexibility index (Phi) is 3.05. The minimum Gasteiger partial charge on any atom is -0.389 e. The largest absolute Gasteiger partial charge is 0.389 e. The number of rotatable bonds is 1. The Labute approximate surface area is 84.2 Å². The average molecular weight is 205 g/mol. The Hall–Kier alpha value is -0.0500. The van der Waals surface area contributed by atoms with E-state index >= 15 is 0 Å². The molecule has 2 atom stereocenters. The molecule has 0 amide bonds. The Morgan fingerprint density at radius 1 is 1.54 bits per heavy atom. The second-order valence-electron chi connectivity index (χ2n) is 4.60. The van der Waals surface area contributed by atoms with Gasteiger partial charge in [0.1, 0.15) is 0 Å². The average Bonchev–Trinajstić information content (AvgIpc) is 1.78. The molecule has 2 N–H and O–H groups in total. The molecule has 0 aliphatic heterocycles. The van der Waals surface area contributed by atoms with E-state index in [1.165, 1.54) is 0 Å². The van der Waals surface area contributed by atoms with E-state index in [-0.39, 0.29) is 5.41 Å². The molecule has 0 aromatic heterocycles. The summed E-state index contributed by atoms with van der Waals surface area (Å²) in [5.74, 6) is 0. The normalized spacial score (nSPS) is 30.5. The van der Waals surface area contributed by atoms with E-state index in [0.29, 0.717) is 17.0 Å². The highest BCUT2D eigenvalue weighted by atomic mass is 35.5. The van der Waals surface area contributed by atoms with Gasteiger partial charge < -0.3 is 10.2 Å². The zero-order chi connectivity index (χ0) is 10.2. The van der Waals surface area contributed by atoms with Crippen molar-refractivity contribution in [2.75, 3.05) is 0 Å². The van der Waals surface area contributed by atoms with Crippen LogP contribution in [0.4, 0.5) is 0 Å². The lowest BCUT2D eigenvalue weighted by atomic mass is 9.75. The van der Waals surface area contributed by atoms with Crippen molar-refractivity contribution >= 4 is 11.6 Å². The van der Waals surface area contributed by atoms with Crippen molar-refractivity contribution in [2.45, 2.75) is 45.8 Å². The molecule has 0 aromatic carbocycles. The molecule has 1 aliphatic carbocycles. The summed E-state index contributed by atoms with van der Waals surface area (Å²) < 4.78 is 0. The molecule has 0 spiro atoms. The summed E-state index contributed by atoms with van der Waals surface area (Å²) in [7, 11) is 0. The van der Waals surface area contributed by atoms with Gasteiger partial charge in [-0.15, -0.1) is 0 Å². The van der Waals surface area contributed by atoms with Gasteiger partial charge in [0.2, 0.25) is 0 Å². The molecule has 1 aliphatic rings. The highest BCUT2D eigenvalue weighted by Crippen LogP contribution is 2.41. The second kappa shape index (κ2) is 3.60. The zero-order valence-electron chi connectivity index (χ0n) is 8.34. The lowest BCUT2D eigenvalue weighted by molar-refractivity contribution is 0.0981. The molecule has 0 radical (unpaired) electrons. The van der Waals surface area contributed by atoms with Crippen LogP contribution >= 0.6 is 11.6 Å². The van der Waals surface area contributed by atoms with Crippen LogP contribution in [-0.2, 0) is 0 Å². The molecule has 0 saturated carbocycles. The maximum atomic E-state index is 9.74. The third-order valence-corrected chi connectivity index (χ3v) is 2.85. The SMILES string of the molecule is CC(O)C1=C(Cl)CC(C)(C)C[C@@H]1O. The molecular formula is C10H17ClO2. The van der Waals surface area contributed by atoms with Crippen LogP contribution in [0, 0.1) is 5.41 Å². The highest BCUT2D eigenvalue weighted by molar-refractivity contribution is 6.30. The first-order chi connectivity index (χ1) is 5.83. The van der Waals surface area contributed by atoms with Gasteiger partial charge in [-0.2, -0.15) is 0 Å². The first kappa shape index (κ1) is 11.0. The predicted molar refractivity (Wildman–Crippen MR) is 53.6 cm³/mol. The van der Waals surface area contributed by atoms with Gasteiger partial charge in [0.15, 0.2) is 0 Å². The fraction of sp³-hybridized carbons (Fsp3) is 0.800. The monoisotopic (exact) mass is 204 g/mol. The molecule has 0 aromatic rings. The van der Waals surface area contributed by atoms with Gasteiger partial charge in [0.25, 0.3) is 0 Å². The molecule has 76 valence electrons. The molecule has 2 nitrogen and oxygen atoms in total. The van der Waals surface area contributed by atoms with Gasteiger partial charge in [0, 0.05) is 10.6 Å². The Balaban J connectivity index is 2.94. The molecule has 0 heterocycles. The van der Waals surface area contributed by atoms with E-state index in [9.17, 15) is 10.2 Å². The van der Waals surface area contributed by atoms with Crippen LogP contribution in [0.2, 0.25) is 0 Å².